The predicted molar refractivity (Wildman–Crippen MR) is 119 cm³/mol. The zero-order chi connectivity index (χ0) is 19.5. The molecule has 0 aliphatic heterocycles. The molecule has 3 aromatic carbocycles. The van der Waals surface area contributed by atoms with E-state index in [0.717, 1.165) is 47.3 Å². The second kappa shape index (κ2) is 7.76. The predicted octanol–water partition coefficient (Wildman–Crippen LogP) is 5.36. The van der Waals surface area contributed by atoms with Crippen LogP contribution in [-0.4, -0.2) is 21.5 Å². The fraction of sp³-hybridized carbons (Fsp3) is 0.120. The van der Waals surface area contributed by atoms with E-state index in [1.165, 1.54) is 11.1 Å². The number of fused-ring (bicyclic) bond motifs is 3. The van der Waals surface area contributed by atoms with Crippen LogP contribution in [-0.2, 0) is 13.0 Å². The number of nitrogens with one attached hydrogen (secondary N) is 1. The van der Waals surface area contributed by atoms with Gasteiger partial charge in [-0.05, 0) is 23.6 Å². The van der Waals surface area contributed by atoms with E-state index in [0.29, 0.717) is 0 Å². The average Bonchev–Trinajstić information content (AvgIpc) is 3.17. The zero-order valence-corrected chi connectivity index (χ0v) is 16.1. The Labute approximate surface area is 169 Å². The molecule has 0 fully saturated rings. The highest BCUT2D eigenvalue weighted by Crippen LogP contribution is 2.29. The summed E-state index contributed by atoms with van der Waals surface area (Å²) in [5.41, 5.74) is 5.66. The highest BCUT2D eigenvalue weighted by atomic mass is 15.2. The Kier molecular flexibility index (Phi) is 4.67. The third kappa shape index (κ3) is 3.57. The SMILES string of the molecule is c1ccc(CCN(Cc2ccccc2)c2ncnc3c2[nH]c2ccccc23)cc1. The van der Waals surface area contributed by atoms with Crippen molar-refractivity contribution in [3.05, 3.63) is 102 Å². The maximum absolute atomic E-state index is 4.69. The number of hydrogen-bond donors (Lipinski definition) is 1. The Hall–Kier alpha value is -3.66. The molecule has 5 aromatic rings. The molecule has 29 heavy (non-hydrogen) atoms. The van der Waals surface area contributed by atoms with Gasteiger partial charge in [0.1, 0.15) is 17.4 Å². The molecular formula is C25H22N4. The molecule has 0 aliphatic carbocycles. The number of anilines is 1. The molecule has 0 saturated carbocycles. The Morgan fingerprint density at radius 2 is 1.41 bits per heavy atom. The second-order valence-electron chi connectivity index (χ2n) is 7.23. The van der Waals surface area contributed by atoms with Crippen LogP contribution in [0, 0.1) is 0 Å². The van der Waals surface area contributed by atoms with Gasteiger partial charge >= 0.3 is 0 Å². The monoisotopic (exact) mass is 378 g/mol. The lowest BCUT2D eigenvalue weighted by atomic mass is 10.1. The second-order valence-corrected chi connectivity index (χ2v) is 7.23. The van der Waals surface area contributed by atoms with E-state index in [9.17, 15) is 0 Å². The van der Waals surface area contributed by atoms with E-state index in [2.05, 4.69) is 93.7 Å². The standard InChI is InChI=1S/C25H22N4/c1-3-9-19(10-4-1)15-16-29(17-20-11-5-2-6-12-20)25-24-23(26-18-27-25)21-13-7-8-14-22(21)28-24/h1-14,18,28H,15-17H2. The number of para-hydroxylation sites is 1. The molecule has 1 N–H and O–H groups in total. The third-order valence-electron chi connectivity index (χ3n) is 5.30. The molecule has 4 nitrogen and oxygen atoms in total. The fourth-order valence-corrected chi connectivity index (χ4v) is 3.84. The maximum atomic E-state index is 4.69. The van der Waals surface area contributed by atoms with Crippen LogP contribution in [0.2, 0.25) is 0 Å². The van der Waals surface area contributed by atoms with Crippen LogP contribution in [0.1, 0.15) is 11.1 Å². The summed E-state index contributed by atoms with van der Waals surface area (Å²) in [6.45, 7) is 1.68. The van der Waals surface area contributed by atoms with Crippen LogP contribution in [0.15, 0.2) is 91.3 Å². The molecule has 0 unspecified atom stereocenters. The highest BCUT2D eigenvalue weighted by molar-refractivity contribution is 6.08. The summed E-state index contributed by atoms with van der Waals surface area (Å²) in [5, 5.41) is 1.13. The molecule has 0 saturated heterocycles. The molecular weight excluding hydrogens is 356 g/mol. The summed E-state index contributed by atoms with van der Waals surface area (Å²) in [7, 11) is 0. The van der Waals surface area contributed by atoms with Gasteiger partial charge in [0.2, 0.25) is 0 Å². The first-order valence-electron chi connectivity index (χ1n) is 9.93. The average molecular weight is 378 g/mol. The van der Waals surface area contributed by atoms with Crippen molar-refractivity contribution in [2.24, 2.45) is 0 Å². The molecule has 0 radical (unpaired) electrons. The fourth-order valence-electron chi connectivity index (χ4n) is 3.84. The summed E-state index contributed by atoms with van der Waals surface area (Å²) >= 11 is 0. The van der Waals surface area contributed by atoms with Gasteiger partial charge in [0.15, 0.2) is 5.82 Å². The molecule has 4 heteroatoms. The van der Waals surface area contributed by atoms with Gasteiger partial charge in [-0.15, -0.1) is 0 Å². The van der Waals surface area contributed by atoms with Gasteiger partial charge < -0.3 is 9.88 Å². The topological polar surface area (TPSA) is 44.8 Å². The lowest BCUT2D eigenvalue weighted by Crippen LogP contribution is -2.26. The minimum absolute atomic E-state index is 0.801. The van der Waals surface area contributed by atoms with Crippen LogP contribution in [0.3, 0.4) is 0 Å². The van der Waals surface area contributed by atoms with Gasteiger partial charge in [-0.1, -0.05) is 78.9 Å². The number of hydrogen-bond acceptors (Lipinski definition) is 3. The molecule has 5 rings (SSSR count). The van der Waals surface area contributed by atoms with Gasteiger partial charge in [0, 0.05) is 24.0 Å². The first-order valence-corrected chi connectivity index (χ1v) is 9.93. The van der Waals surface area contributed by atoms with Crippen molar-refractivity contribution in [2.75, 3.05) is 11.4 Å². The Balaban J connectivity index is 1.56. The van der Waals surface area contributed by atoms with Gasteiger partial charge in [-0.25, -0.2) is 9.97 Å². The summed E-state index contributed by atoms with van der Waals surface area (Å²) in [6, 6.07) is 29.5. The van der Waals surface area contributed by atoms with E-state index in [1.54, 1.807) is 6.33 Å². The first kappa shape index (κ1) is 17.4. The number of rotatable bonds is 6. The van der Waals surface area contributed by atoms with Crippen LogP contribution < -0.4 is 4.90 Å². The van der Waals surface area contributed by atoms with Crippen LogP contribution >= 0.6 is 0 Å². The maximum Gasteiger partial charge on any atom is 0.156 e. The van der Waals surface area contributed by atoms with Gasteiger partial charge in [0.25, 0.3) is 0 Å². The van der Waals surface area contributed by atoms with E-state index < -0.39 is 0 Å². The smallest absolute Gasteiger partial charge is 0.156 e. The molecule has 0 bridgehead atoms. The zero-order valence-electron chi connectivity index (χ0n) is 16.1. The number of aromatic nitrogens is 3. The highest BCUT2D eigenvalue weighted by Gasteiger charge is 2.16. The summed E-state index contributed by atoms with van der Waals surface area (Å²) in [5.74, 6) is 0.950. The normalized spacial score (nSPS) is 11.2. The summed E-state index contributed by atoms with van der Waals surface area (Å²) in [6.07, 6.45) is 2.64. The Morgan fingerprint density at radius 3 is 2.21 bits per heavy atom. The molecule has 0 aliphatic rings. The summed E-state index contributed by atoms with van der Waals surface area (Å²) in [4.78, 5) is 15.2. The summed E-state index contributed by atoms with van der Waals surface area (Å²) < 4.78 is 0. The molecule has 0 amide bonds. The van der Waals surface area contributed by atoms with Crippen molar-refractivity contribution in [3.63, 3.8) is 0 Å². The molecule has 0 atom stereocenters. The quantitative estimate of drug-likeness (QED) is 0.433. The molecule has 2 heterocycles. The van der Waals surface area contributed by atoms with Crippen LogP contribution in [0.5, 0.6) is 0 Å². The van der Waals surface area contributed by atoms with Crippen LogP contribution in [0.25, 0.3) is 21.9 Å². The van der Waals surface area contributed by atoms with Gasteiger partial charge in [0.05, 0.1) is 0 Å². The number of H-pyrrole nitrogens is 1. The van der Waals surface area contributed by atoms with E-state index >= 15 is 0 Å². The lowest BCUT2D eigenvalue weighted by molar-refractivity contribution is 0.770. The van der Waals surface area contributed by atoms with Gasteiger partial charge in [-0.2, -0.15) is 0 Å². The van der Waals surface area contributed by atoms with Gasteiger partial charge in [-0.3, -0.25) is 0 Å². The largest absolute Gasteiger partial charge is 0.350 e. The Morgan fingerprint density at radius 1 is 0.724 bits per heavy atom. The van der Waals surface area contributed by atoms with Crippen molar-refractivity contribution in [1.82, 2.24) is 15.0 Å². The van der Waals surface area contributed by atoms with Crippen molar-refractivity contribution in [3.8, 4) is 0 Å². The minimum atomic E-state index is 0.801. The Bertz CT molecular complexity index is 1230. The van der Waals surface area contributed by atoms with Crippen molar-refractivity contribution >= 4 is 27.8 Å². The van der Waals surface area contributed by atoms with E-state index in [4.69, 9.17) is 4.98 Å². The van der Waals surface area contributed by atoms with Crippen molar-refractivity contribution in [1.29, 1.82) is 0 Å². The minimum Gasteiger partial charge on any atom is -0.350 e. The van der Waals surface area contributed by atoms with E-state index in [-0.39, 0.29) is 0 Å². The van der Waals surface area contributed by atoms with Crippen molar-refractivity contribution in [2.45, 2.75) is 13.0 Å². The molecule has 142 valence electrons. The molecule has 2 aromatic heterocycles. The van der Waals surface area contributed by atoms with Crippen molar-refractivity contribution < 1.29 is 0 Å². The molecule has 0 spiro atoms. The first-order chi connectivity index (χ1) is 14.4. The third-order valence-corrected chi connectivity index (χ3v) is 5.30. The lowest BCUT2D eigenvalue weighted by Gasteiger charge is -2.24. The number of nitrogens with zero attached hydrogens (tertiary/aromatic N) is 3. The number of benzene rings is 3. The van der Waals surface area contributed by atoms with Crippen LogP contribution in [0.4, 0.5) is 5.82 Å². The van der Waals surface area contributed by atoms with E-state index in [1.807, 2.05) is 6.07 Å². The number of aromatic amines is 1.